The van der Waals surface area contributed by atoms with Gasteiger partial charge in [0.25, 0.3) is 0 Å². The van der Waals surface area contributed by atoms with Crippen LogP contribution in [0.3, 0.4) is 0 Å². The molecule has 0 aliphatic carbocycles. The maximum Gasteiger partial charge on any atom is 0.00886 e. The smallest absolute Gasteiger partial charge is 0.00886 e. The fraction of sp³-hybridized carbons (Fsp3) is 0.933. The Morgan fingerprint density at radius 2 is 0.733 bits per heavy atom. The summed E-state index contributed by atoms with van der Waals surface area (Å²) in [4.78, 5) is 0. The third-order valence-electron chi connectivity index (χ3n) is 6.61. The Hall–Kier alpha value is -0.440. The van der Waals surface area contributed by atoms with Crippen LogP contribution in [0.25, 0.3) is 0 Å². The Labute approximate surface area is 192 Å². The van der Waals surface area contributed by atoms with E-state index in [0.717, 1.165) is 18.8 Å². The van der Waals surface area contributed by atoms with E-state index in [0.29, 0.717) is 0 Å². The van der Waals surface area contributed by atoms with E-state index >= 15 is 0 Å². The van der Waals surface area contributed by atoms with Crippen molar-refractivity contribution in [1.29, 1.82) is 0 Å². The second kappa shape index (κ2) is 26.6. The van der Waals surface area contributed by atoms with Crippen molar-refractivity contribution >= 4 is 0 Å². The fourth-order valence-electron chi connectivity index (χ4n) is 4.58. The molecule has 0 heterocycles. The van der Waals surface area contributed by atoms with Gasteiger partial charge in [0.05, 0.1) is 0 Å². The summed E-state index contributed by atoms with van der Waals surface area (Å²) in [5.74, 6) is 7.78. The lowest BCUT2D eigenvalue weighted by atomic mass is 9.90. The third kappa shape index (κ3) is 23.8. The monoisotopic (exact) mass is 418 g/mol. The number of rotatable bonds is 23. The maximum absolute atomic E-state index is 3.40. The molecule has 0 saturated heterocycles. The second-order valence-corrected chi connectivity index (χ2v) is 9.74. The van der Waals surface area contributed by atoms with Gasteiger partial charge >= 0.3 is 0 Å². The lowest BCUT2D eigenvalue weighted by molar-refractivity contribution is 0.379. The van der Waals surface area contributed by atoms with Crippen molar-refractivity contribution in [3.8, 4) is 11.8 Å². The zero-order chi connectivity index (χ0) is 22.0. The van der Waals surface area contributed by atoms with E-state index in [2.05, 4.69) is 32.6 Å². The molecular weight excluding hydrogens is 360 g/mol. The summed E-state index contributed by atoms with van der Waals surface area (Å²) >= 11 is 0. The molecule has 0 amide bonds. The molecular formula is C30H58. The Morgan fingerprint density at radius 3 is 1.17 bits per heavy atom. The summed E-state index contributed by atoms with van der Waals surface area (Å²) in [7, 11) is 0. The van der Waals surface area contributed by atoms with Gasteiger partial charge in [-0.3, -0.25) is 0 Å². The van der Waals surface area contributed by atoms with Crippen LogP contribution < -0.4 is 0 Å². The first-order valence-electron chi connectivity index (χ1n) is 14.3. The molecule has 0 radical (unpaired) electrons. The normalized spacial score (nSPS) is 12.0. The standard InChI is InChI=1S/C30H58/c1-4-7-9-11-13-15-17-19-21-23-25-28-30(27-6-3)29-26-24-22-20-18-16-14-12-10-8-5-2/h30H,4-15,17,19-29H2,1-3H3. The van der Waals surface area contributed by atoms with Crippen molar-refractivity contribution in [2.75, 3.05) is 0 Å². The molecule has 178 valence electrons. The number of hydrogen-bond acceptors (Lipinski definition) is 0. The summed E-state index contributed by atoms with van der Waals surface area (Å²) in [5, 5.41) is 0. The van der Waals surface area contributed by atoms with Crippen LogP contribution in [0.4, 0.5) is 0 Å². The van der Waals surface area contributed by atoms with Gasteiger partial charge in [0.1, 0.15) is 0 Å². The van der Waals surface area contributed by atoms with Gasteiger partial charge in [0, 0.05) is 12.8 Å². The molecule has 0 heteroatoms. The van der Waals surface area contributed by atoms with E-state index in [1.807, 2.05) is 0 Å². The summed E-state index contributed by atoms with van der Waals surface area (Å²) < 4.78 is 0. The van der Waals surface area contributed by atoms with E-state index in [9.17, 15) is 0 Å². The van der Waals surface area contributed by atoms with Crippen molar-refractivity contribution in [2.24, 2.45) is 5.92 Å². The van der Waals surface area contributed by atoms with E-state index in [-0.39, 0.29) is 0 Å². The SMILES string of the molecule is CCCCCCC#CCCCCCC(CCC)CCCCCCCCCCCCC. The number of unbranched alkanes of at least 4 members (excludes halogenated alkanes) is 17. The Balaban J connectivity index is 3.49. The highest BCUT2D eigenvalue weighted by atomic mass is 14.1. The molecule has 0 fully saturated rings. The average Bonchev–Trinajstić information content (AvgIpc) is 2.75. The van der Waals surface area contributed by atoms with Crippen LogP contribution >= 0.6 is 0 Å². The Kier molecular flexibility index (Phi) is 26.2. The van der Waals surface area contributed by atoms with Crippen molar-refractivity contribution in [2.45, 2.75) is 175 Å². The minimum atomic E-state index is 0.998. The molecule has 30 heavy (non-hydrogen) atoms. The molecule has 0 N–H and O–H groups in total. The highest BCUT2D eigenvalue weighted by Gasteiger charge is 2.07. The van der Waals surface area contributed by atoms with Crippen LogP contribution in [0.1, 0.15) is 175 Å². The molecule has 0 aromatic carbocycles. The van der Waals surface area contributed by atoms with Crippen LogP contribution in [0.5, 0.6) is 0 Å². The lowest BCUT2D eigenvalue weighted by Gasteiger charge is -2.15. The minimum absolute atomic E-state index is 0.998. The van der Waals surface area contributed by atoms with Crippen molar-refractivity contribution in [1.82, 2.24) is 0 Å². The van der Waals surface area contributed by atoms with Gasteiger partial charge in [-0.2, -0.15) is 0 Å². The van der Waals surface area contributed by atoms with Crippen LogP contribution in [0.2, 0.25) is 0 Å². The molecule has 1 atom stereocenters. The summed E-state index contributed by atoms with van der Waals surface area (Å²) in [5.41, 5.74) is 0. The van der Waals surface area contributed by atoms with Crippen LogP contribution in [0, 0.1) is 17.8 Å². The summed E-state index contributed by atoms with van der Waals surface area (Å²) in [6.45, 7) is 6.94. The first-order chi connectivity index (χ1) is 14.8. The first kappa shape index (κ1) is 29.6. The molecule has 0 aromatic heterocycles. The molecule has 0 rings (SSSR count). The Morgan fingerprint density at radius 1 is 0.367 bits per heavy atom. The largest absolute Gasteiger partial charge is 0.103 e. The highest BCUT2D eigenvalue weighted by Crippen LogP contribution is 2.23. The van der Waals surface area contributed by atoms with Gasteiger partial charge in [0.15, 0.2) is 0 Å². The molecule has 0 aromatic rings. The second-order valence-electron chi connectivity index (χ2n) is 9.74. The Bertz CT molecular complexity index is 358. The fourth-order valence-corrected chi connectivity index (χ4v) is 4.58. The topological polar surface area (TPSA) is 0 Å². The van der Waals surface area contributed by atoms with Gasteiger partial charge in [-0.25, -0.2) is 0 Å². The van der Waals surface area contributed by atoms with Crippen molar-refractivity contribution < 1.29 is 0 Å². The van der Waals surface area contributed by atoms with Gasteiger partial charge in [-0.05, 0) is 18.8 Å². The molecule has 0 saturated carbocycles. The summed E-state index contributed by atoms with van der Waals surface area (Å²) in [6.07, 6.45) is 33.6. The predicted molar refractivity (Wildman–Crippen MR) is 139 cm³/mol. The predicted octanol–water partition coefficient (Wildman–Crippen LogP) is 11.0. The zero-order valence-corrected chi connectivity index (χ0v) is 21.5. The third-order valence-corrected chi connectivity index (χ3v) is 6.61. The molecule has 1 unspecified atom stereocenters. The van der Waals surface area contributed by atoms with Gasteiger partial charge in [0.2, 0.25) is 0 Å². The van der Waals surface area contributed by atoms with Crippen molar-refractivity contribution in [3.05, 3.63) is 0 Å². The first-order valence-corrected chi connectivity index (χ1v) is 14.3. The minimum Gasteiger partial charge on any atom is -0.103 e. The molecule has 0 aliphatic heterocycles. The van der Waals surface area contributed by atoms with E-state index in [1.54, 1.807) is 0 Å². The number of hydrogen-bond donors (Lipinski definition) is 0. The zero-order valence-electron chi connectivity index (χ0n) is 21.5. The molecule has 0 spiro atoms. The van der Waals surface area contributed by atoms with Crippen LogP contribution in [-0.2, 0) is 0 Å². The van der Waals surface area contributed by atoms with E-state index in [4.69, 9.17) is 0 Å². The van der Waals surface area contributed by atoms with E-state index in [1.165, 1.54) is 141 Å². The van der Waals surface area contributed by atoms with Gasteiger partial charge in [-0.1, -0.05) is 149 Å². The van der Waals surface area contributed by atoms with Crippen molar-refractivity contribution in [3.63, 3.8) is 0 Å². The quantitative estimate of drug-likeness (QED) is 0.114. The van der Waals surface area contributed by atoms with Crippen LogP contribution in [-0.4, -0.2) is 0 Å². The van der Waals surface area contributed by atoms with Gasteiger partial charge < -0.3 is 0 Å². The summed E-state index contributed by atoms with van der Waals surface area (Å²) in [6, 6.07) is 0. The molecule has 0 aliphatic rings. The average molecular weight is 419 g/mol. The van der Waals surface area contributed by atoms with Crippen LogP contribution in [0.15, 0.2) is 0 Å². The van der Waals surface area contributed by atoms with Gasteiger partial charge in [-0.15, -0.1) is 11.8 Å². The highest BCUT2D eigenvalue weighted by molar-refractivity contribution is 4.98. The molecule has 0 bridgehead atoms. The molecule has 0 nitrogen and oxygen atoms in total. The lowest BCUT2D eigenvalue weighted by Crippen LogP contribution is -2.00. The van der Waals surface area contributed by atoms with E-state index < -0.39 is 0 Å². The maximum atomic E-state index is 3.40.